The van der Waals surface area contributed by atoms with Crippen LogP contribution >= 0.6 is 0 Å². The fourth-order valence-electron chi connectivity index (χ4n) is 1.95. The molecular weight excluding hydrogens is 275 g/mol. The van der Waals surface area contributed by atoms with E-state index in [9.17, 15) is 18.0 Å². The highest BCUT2D eigenvalue weighted by atomic mass is 19.4. The highest BCUT2D eigenvalue weighted by Gasteiger charge is 2.32. The number of benzene rings is 1. The van der Waals surface area contributed by atoms with Gasteiger partial charge >= 0.3 is 6.36 Å². The summed E-state index contributed by atoms with van der Waals surface area (Å²) in [5, 5.41) is 2.56. The first-order valence-corrected chi connectivity index (χ1v) is 6.19. The van der Waals surface area contributed by atoms with Crippen LogP contribution in [0.4, 0.5) is 13.2 Å². The van der Waals surface area contributed by atoms with E-state index in [1.54, 1.807) is 6.07 Å². The average Bonchev–Trinajstić information content (AvgIpc) is 2.89. The first kappa shape index (κ1) is 14.6. The Balaban J connectivity index is 1.96. The molecule has 0 saturated carbocycles. The van der Waals surface area contributed by atoms with Crippen LogP contribution < -0.4 is 10.1 Å². The molecule has 0 bridgehead atoms. The quantitative estimate of drug-likeness (QED) is 0.925. The van der Waals surface area contributed by atoms with Crippen LogP contribution in [0.3, 0.4) is 0 Å². The molecule has 0 spiro atoms. The van der Waals surface area contributed by atoms with Gasteiger partial charge in [-0.25, -0.2) is 0 Å². The molecule has 1 N–H and O–H groups in total. The minimum atomic E-state index is -4.76. The Hall–Kier alpha value is -1.76. The molecule has 1 amide bonds. The number of amides is 1. The van der Waals surface area contributed by atoms with Crippen molar-refractivity contribution in [2.45, 2.75) is 31.9 Å². The summed E-state index contributed by atoms with van der Waals surface area (Å²) in [5.41, 5.74) is 0.260. The van der Waals surface area contributed by atoms with E-state index in [2.05, 4.69) is 10.1 Å². The lowest BCUT2D eigenvalue weighted by Gasteiger charge is -2.14. The van der Waals surface area contributed by atoms with Crippen molar-refractivity contribution in [2.24, 2.45) is 0 Å². The molecule has 20 heavy (non-hydrogen) atoms. The minimum Gasteiger partial charge on any atom is -0.405 e. The van der Waals surface area contributed by atoms with Crippen LogP contribution in [0, 0.1) is 0 Å². The molecule has 1 atom stereocenters. The molecule has 0 radical (unpaired) electrons. The van der Waals surface area contributed by atoms with E-state index >= 15 is 0 Å². The Labute approximate surface area is 113 Å². The van der Waals surface area contributed by atoms with E-state index < -0.39 is 12.5 Å². The summed E-state index contributed by atoms with van der Waals surface area (Å²) in [7, 11) is 0. The number of nitrogens with one attached hydrogen (secondary N) is 1. The highest BCUT2D eigenvalue weighted by Crippen LogP contribution is 2.26. The molecule has 1 unspecified atom stereocenters. The largest absolute Gasteiger partial charge is 0.573 e. The number of carbonyl (C=O) groups excluding carboxylic acids is 1. The van der Waals surface area contributed by atoms with Crippen molar-refractivity contribution in [3.05, 3.63) is 29.8 Å². The van der Waals surface area contributed by atoms with Crippen molar-refractivity contribution in [3.63, 3.8) is 0 Å². The summed E-state index contributed by atoms with van der Waals surface area (Å²) in [5.74, 6) is -0.628. The van der Waals surface area contributed by atoms with Crippen LogP contribution in [-0.2, 0) is 16.1 Å². The normalized spacial score (nSPS) is 18.9. The molecule has 110 valence electrons. The summed E-state index contributed by atoms with van der Waals surface area (Å²) >= 11 is 0. The molecule has 0 aromatic heterocycles. The third kappa shape index (κ3) is 4.12. The molecule has 4 nitrogen and oxygen atoms in total. The van der Waals surface area contributed by atoms with E-state index in [4.69, 9.17) is 4.74 Å². The van der Waals surface area contributed by atoms with Crippen LogP contribution in [0.1, 0.15) is 18.4 Å². The van der Waals surface area contributed by atoms with Gasteiger partial charge in [-0.1, -0.05) is 18.2 Å². The monoisotopic (exact) mass is 289 g/mol. The van der Waals surface area contributed by atoms with Crippen LogP contribution in [0.25, 0.3) is 0 Å². The Kier molecular flexibility index (Phi) is 4.49. The molecule has 1 aliphatic heterocycles. The zero-order valence-corrected chi connectivity index (χ0v) is 10.6. The zero-order chi connectivity index (χ0) is 14.6. The van der Waals surface area contributed by atoms with Crippen LogP contribution in [-0.4, -0.2) is 25.0 Å². The lowest BCUT2D eigenvalue weighted by molar-refractivity contribution is -0.274. The number of hydrogen-bond acceptors (Lipinski definition) is 3. The summed E-state index contributed by atoms with van der Waals surface area (Å²) in [4.78, 5) is 11.7. The van der Waals surface area contributed by atoms with Crippen molar-refractivity contribution in [1.29, 1.82) is 0 Å². The summed E-state index contributed by atoms with van der Waals surface area (Å²) in [6.07, 6.45) is -3.82. The molecule has 2 rings (SSSR count). The maximum Gasteiger partial charge on any atom is 0.573 e. The maximum atomic E-state index is 12.2. The van der Waals surface area contributed by atoms with Gasteiger partial charge in [0.15, 0.2) is 0 Å². The van der Waals surface area contributed by atoms with E-state index in [0.29, 0.717) is 13.0 Å². The van der Waals surface area contributed by atoms with Crippen molar-refractivity contribution in [1.82, 2.24) is 5.32 Å². The van der Waals surface area contributed by atoms with E-state index in [1.165, 1.54) is 18.2 Å². The smallest absolute Gasteiger partial charge is 0.405 e. The molecule has 0 aliphatic carbocycles. The van der Waals surface area contributed by atoms with Crippen molar-refractivity contribution in [2.75, 3.05) is 6.61 Å². The highest BCUT2D eigenvalue weighted by molar-refractivity contribution is 5.81. The number of hydrogen-bond donors (Lipinski definition) is 1. The second kappa shape index (κ2) is 6.13. The summed E-state index contributed by atoms with van der Waals surface area (Å²) in [6, 6.07) is 5.70. The van der Waals surface area contributed by atoms with Gasteiger partial charge < -0.3 is 14.8 Å². The molecule has 1 aromatic rings. The number of carbonyl (C=O) groups is 1. The fraction of sp³-hybridized carbons (Fsp3) is 0.462. The standard InChI is InChI=1S/C13H14F3NO3/c14-13(15,16)20-10-5-2-1-4-9(10)8-17-12(18)11-6-3-7-19-11/h1-2,4-5,11H,3,6-8H2,(H,17,18). The van der Waals surface area contributed by atoms with Gasteiger partial charge in [-0.3, -0.25) is 4.79 Å². The second-order valence-corrected chi connectivity index (χ2v) is 4.37. The number of rotatable bonds is 4. The van der Waals surface area contributed by atoms with Crippen LogP contribution in [0.15, 0.2) is 24.3 Å². The van der Waals surface area contributed by atoms with Gasteiger partial charge in [0.25, 0.3) is 0 Å². The number of alkyl halides is 3. The number of ether oxygens (including phenoxy) is 2. The molecule has 1 saturated heterocycles. The Bertz CT molecular complexity index is 470. The van der Waals surface area contributed by atoms with Gasteiger partial charge in [0.2, 0.25) is 5.91 Å². The maximum absolute atomic E-state index is 12.2. The van der Waals surface area contributed by atoms with E-state index in [-0.39, 0.29) is 23.8 Å². The molecular formula is C13H14F3NO3. The van der Waals surface area contributed by atoms with Crippen molar-refractivity contribution < 1.29 is 27.4 Å². The lowest BCUT2D eigenvalue weighted by Crippen LogP contribution is -2.33. The average molecular weight is 289 g/mol. The molecule has 1 aliphatic rings. The molecule has 1 heterocycles. The first-order valence-electron chi connectivity index (χ1n) is 6.19. The Morgan fingerprint density at radius 3 is 2.80 bits per heavy atom. The van der Waals surface area contributed by atoms with Gasteiger partial charge in [-0.05, 0) is 18.9 Å². The Morgan fingerprint density at radius 2 is 2.15 bits per heavy atom. The van der Waals surface area contributed by atoms with E-state index in [1.807, 2.05) is 0 Å². The lowest BCUT2D eigenvalue weighted by atomic mass is 10.2. The third-order valence-corrected chi connectivity index (χ3v) is 2.87. The third-order valence-electron chi connectivity index (χ3n) is 2.87. The van der Waals surface area contributed by atoms with Crippen LogP contribution in [0.2, 0.25) is 0 Å². The van der Waals surface area contributed by atoms with Gasteiger partial charge in [-0.2, -0.15) is 0 Å². The zero-order valence-electron chi connectivity index (χ0n) is 10.6. The topological polar surface area (TPSA) is 47.6 Å². The molecule has 7 heteroatoms. The minimum absolute atomic E-state index is 0.0368. The Morgan fingerprint density at radius 1 is 1.40 bits per heavy atom. The SMILES string of the molecule is O=C(NCc1ccccc1OC(F)(F)F)C1CCCO1. The fourth-order valence-corrected chi connectivity index (χ4v) is 1.95. The van der Waals surface area contributed by atoms with Gasteiger partial charge in [0.1, 0.15) is 11.9 Å². The van der Waals surface area contributed by atoms with Gasteiger partial charge in [-0.15, -0.1) is 13.2 Å². The summed E-state index contributed by atoms with van der Waals surface area (Å²) in [6.45, 7) is 0.497. The molecule has 1 fully saturated rings. The predicted molar refractivity (Wildman–Crippen MR) is 63.9 cm³/mol. The van der Waals surface area contributed by atoms with Crippen LogP contribution in [0.5, 0.6) is 5.75 Å². The van der Waals surface area contributed by atoms with Crippen molar-refractivity contribution in [3.8, 4) is 5.75 Å². The second-order valence-electron chi connectivity index (χ2n) is 4.37. The summed E-state index contributed by atoms with van der Waals surface area (Å²) < 4.78 is 45.8. The predicted octanol–water partition coefficient (Wildman–Crippen LogP) is 2.38. The first-order chi connectivity index (χ1) is 9.46. The molecule has 1 aromatic carbocycles. The van der Waals surface area contributed by atoms with Gasteiger partial charge in [0, 0.05) is 18.7 Å². The van der Waals surface area contributed by atoms with E-state index in [0.717, 1.165) is 6.42 Å². The number of halogens is 3. The number of para-hydroxylation sites is 1. The van der Waals surface area contributed by atoms with Crippen molar-refractivity contribution >= 4 is 5.91 Å². The van der Waals surface area contributed by atoms with Gasteiger partial charge in [0.05, 0.1) is 0 Å².